The zero-order chi connectivity index (χ0) is 20.9. The molecule has 156 valence electrons. The average molecular weight is 417 g/mol. The third-order valence-corrected chi connectivity index (χ3v) is 7.51. The fourth-order valence-corrected chi connectivity index (χ4v) is 5.11. The highest BCUT2D eigenvalue weighted by Crippen LogP contribution is 2.26. The summed E-state index contributed by atoms with van der Waals surface area (Å²) in [5.74, 6) is 0.348. The fourth-order valence-electron chi connectivity index (χ4n) is 3.64. The van der Waals surface area contributed by atoms with E-state index in [1.807, 2.05) is 18.2 Å². The Morgan fingerprint density at radius 1 is 1.07 bits per heavy atom. The zero-order valence-corrected chi connectivity index (χ0v) is 17.9. The van der Waals surface area contributed by atoms with Crippen LogP contribution in [0.4, 0.5) is 5.69 Å². The molecular weight excluding hydrogens is 386 g/mol. The quantitative estimate of drug-likeness (QED) is 0.722. The lowest BCUT2D eigenvalue weighted by Crippen LogP contribution is -3.15. The molecule has 1 fully saturated rings. The van der Waals surface area contributed by atoms with Crippen LogP contribution >= 0.6 is 0 Å². The molecule has 2 aromatic rings. The maximum atomic E-state index is 12.7. The number of para-hydroxylation sites is 1. The lowest BCUT2D eigenvalue weighted by Gasteiger charge is -2.31. The number of hydrogen-bond donors (Lipinski definition) is 2. The van der Waals surface area contributed by atoms with Crippen LogP contribution in [0.15, 0.2) is 59.5 Å². The van der Waals surface area contributed by atoms with E-state index < -0.39 is 10.0 Å². The molecule has 0 bridgehead atoms. The van der Waals surface area contributed by atoms with Crippen molar-refractivity contribution in [3.63, 3.8) is 0 Å². The third-order valence-electron chi connectivity index (χ3n) is 5.60. The summed E-state index contributed by atoms with van der Waals surface area (Å²) in [6.45, 7) is 6.71. The Kier molecular flexibility index (Phi) is 7.05. The zero-order valence-electron chi connectivity index (χ0n) is 17.1. The van der Waals surface area contributed by atoms with Gasteiger partial charge < -0.3 is 10.2 Å². The van der Waals surface area contributed by atoms with Crippen LogP contribution in [0.2, 0.25) is 0 Å². The van der Waals surface area contributed by atoms with Gasteiger partial charge >= 0.3 is 0 Å². The van der Waals surface area contributed by atoms with Crippen molar-refractivity contribution in [1.82, 2.24) is 4.31 Å². The summed E-state index contributed by atoms with van der Waals surface area (Å²) in [6.07, 6.45) is 1.01. The average Bonchev–Trinajstić information content (AvgIpc) is 2.74. The van der Waals surface area contributed by atoms with Crippen LogP contribution in [0.5, 0.6) is 0 Å². The van der Waals surface area contributed by atoms with E-state index in [0.717, 1.165) is 22.6 Å². The number of rotatable bonds is 7. The molecule has 0 aliphatic carbocycles. The van der Waals surface area contributed by atoms with Gasteiger partial charge in [-0.1, -0.05) is 50.2 Å². The fraction of sp³-hybridized carbons (Fsp3) is 0.409. The maximum Gasteiger partial charge on any atom is 0.279 e. The second-order valence-electron chi connectivity index (χ2n) is 7.59. The van der Waals surface area contributed by atoms with E-state index in [9.17, 15) is 13.2 Å². The molecule has 1 aliphatic heterocycles. The number of nitrogens with zero attached hydrogens (tertiary/aromatic N) is 1. The minimum Gasteiger partial charge on any atom is -0.325 e. The molecule has 0 unspecified atom stereocenters. The third kappa shape index (κ3) is 5.23. The van der Waals surface area contributed by atoms with Gasteiger partial charge in [-0.25, -0.2) is 8.42 Å². The standard InChI is InChI=1S/C22H29N3O3S/c1-3-18(2)20-11-7-8-12-21(20)23-22(26)17-24-13-15-25(16-14-24)29(27,28)19-9-5-4-6-10-19/h4-12,18H,3,13-17H2,1-2H3,(H,23,26)/p+1/t18-/m0/s1. The van der Waals surface area contributed by atoms with Gasteiger partial charge in [0.2, 0.25) is 10.0 Å². The summed E-state index contributed by atoms with van der Waals surface area (Å²) in [4.78, 5) is 14.0. The molecule has 1 heterocycles. The van der Waals surface area contributed by atoms with E-state index in [0.29, 0.717) is 43.5 Å². The van der Waals surface area contributed by atoms with E-state index in [4.69, 9.17) is 0 Å². The number of sulfonamides is 1. The first-order valence-electron chi connectivity index (χ1n) is 10.2. The molecule has 1 amide bonds. The summed E-state index contributed by atoms with van der Waals surface area (Å²) >= 11 is 0. The largest absolute Gasteiger partial charge is 0.325 e. The first-order valence-corrected chi connectivity index (χ1v) is 11.6. The predicted octanol–water partition coefficient (Wildman–Crippen LogP) is 1.73. The summed E-state index contributed by atoms with van der Waals surface area (Å²) in [6, 6.07) is 16.4. The van der Waals surface area contributed by atoms with Crippen molar-refractivity contribution in [3.05, 3.63) is 60.2 Å². The molecule has 0 spiro atoms. The van der Waals surface area contributed by atoms with Crippen LogP contribution in [0.25, 0.3) is 0 Å². The van der Waals surface area contributed by atoms with Crippen LogP contribution in [0.3, 0.4) is 0 Å². The SMILES string of the molecule is CC[C@H](C)c1ccccc1NC(=O)C[NH+]1CCN(S(=O)(=O)c2ccccc2)CC1. The highest BCUT2D eigenvalue weighted by atomic mass is 32.2. The number of quaternary nitrogens is 1. The number of carbonyl (C=O) groups excluding carboxylic acids is 1. The van der Waals surface area contributed by atoms with Crippen molar-refractivity contribution in [2.75, 3.05) is 38.0 Å². The monoisotopic (exact) mass is 416 g/mol. The molecule has 29 heavy (non-hydrogen) atoms. The Morgan fingerprint density at radius 3 is 2.34 bits per heavy atom. The molecule has 0 radical (unpaired) electrons. The molecule has 0 aromatic heterocycles. The first kappa shape index (κ1) is 21.5. The van der Waals surface area contributed by atoms with Gasteiger partial charge in [0.15, 0.2) is 6.54 Å². The van der Waals surface area contributed by atoms with Crippen LogP contribution in [-0.4, -0.2) is 51.4 Å². The Hall–Kier alpha value is -2.22. The molecule has 2 N–H and O–H groups in total. The summed E-state index contributed by atoms with van der Waals surface area (Å²) in [5.41, 5.74) is 2.02. The Balaban J connectivity index is 1.56. The van der Waals surface area contributed by atoms with Gasteiger partial charge in [-0.05, 0) is 36.1 Å². The number of carbonyl (C=O) groups is 1. The number of amides is 1. The van der Waals surface area contributed by atoms with Gasteiger partial charge in [0.25, 0.3) is 5.91 Å². The lowest BCUT2D eigenvalue weighted by molar-refractivity contribution is -0.895. The van der Waals surface area contributed by atoms with Crippen LogP contribution in [0.1, 0.15) is 31.7 Å². The molecule has 1 saturated heterocycles. The van der Waals surface area contributed by atoms with Crippen LogP contribution < -0.4 is 10.2 Å². The number of benzene rings is 2. The second-order valence-corrected chi connectivity index (χ2v) is 9.53. The van der Waals surface area contributed by atoms with Crippen LogP contribution in [0, 0.1) is 0 Å². The van der Waals surface area contributed by atoms with Gasteiger partial charge in [0.05, 0.1) is 31.1 Å². The lowest BCUT2D eigenvalue weighted by atomic mass is 9.97. The molecule has 1 atom stereocenters. The number of anilines is 1. The van der Waals surface area contributed by atoms with Crippen molar-refractivity contribution < 1.29 is 18.1 Å². The van der Waals surface area contributed by atoms with E-state index in [1.165, 1.54) is 4.31 Å². The molecular formula is C22H30N3O3S+. The Morgan fingerprint density at radius 2 is 1.69 bits per heavy atom. The van der Waals surface area contributed by atoms with Gasteiger partial charge in [0, 0.05) is 5.69 Å². The van der Waals surface area contributed by atoms with Crippen molar-refractivity contribution >= 4 is 21.6 Å². The maximum absolute atomic E-state index is 12.7. The van der Waals surface area contributed by atoms with Crippen molar-refractivity contribution in [2.45, 2.75) is 31.1 Å². The topological polar surface area (TPSA) is 70.9 Å². The van der Waals surface area contributed by atoms with Gasteiger partial charge in [0.1, 0.15) is 0 Å². The van der Waals surface area contributed by atoms with Crippen molar-refractivity contribution in [2.24, 2.45) is 0 Å². The van der Waals surface area contributed by atoms with E-state index in [1.54, 1.807) is 30.3 Å². The molecule has 3 rings (SSSR count). The minimum atomic E-state index is -3.46. The van der Waals surface area contributed by atoms with Crippen LogP contribution in [-0.2, 0) is 14.8 Å². The Bertz CT molecular complexity index is 923. The summed E-state index contributed by atoms with van der Waals surface area (Å²) in [7, 11) is -3.46. The first-order chi connectivity index (χ1) is 13.9. The highest BCUT2D eigenvalue weighted by molar-refractivity contribution is 7.89. The minimum absolute atomic E-state index is 0.0323. The van der Waals surface area contributed by atoms with Crippen molar-refractivity contribution in [1.29, 1.82) is 0 Å². The molecule has 0 saturated carbocycles. The molecule has 6 nitrogen and oxygen atoms in total. The highest BCUT2D eigenvalue weighted by Gasteiger charge is 2.31. The predicted molar refractivity (Wildman–Crippen MR) is 115 cm³/mol. The van der Waals surface area contributed by atoms with Gasteiger partial charge in [-0.2, -0.15) is 4.31 Å². The van der Waals surface area contributed by atoms with E-state index in [-0.39, 0.29) is 5.91 Å². The molecule has 1 aliphatic rings. The second kappa shape index (κ2) is 9.52. The number of hydrogen-bond acceptors (Lipinski definition) is 3. The van der Waals surface area contributed by atoms with Crippen molar-refractivity contribution in [3.8, 4) is 0 Å². The van der Waals surface area contributed by atoms with E-state index >= 15 is 0 Å². The van der Waals surface area contributed by atoms with E-state index in [2.05, 4.69) is 25.2 Å². The normalized spacial score (nSPS) is 17.0. The summed E-state index contributed by atoms with van der Waals surface area (Å²) in [5, 5.41) is 3.05. The Labute approximate surface area is 173 Å². The molecule has 2 aromatic carbocycles. The summed E-state index contributed by atoms with van der Waals surface area (Å²) < 4.78 is 27.0. The van der Waals surface area contributed by atoms with Gasteiger partial charge in [-0.15, -0.1) is 0 Å². The van der Waals surface area contributed by atoms with Gasteiger partial charge in [-0.3, -0.25) is 4.79 Å². The number of nitrogens with one attached hydrogen (secondary N) is 2. The smallest absolute Gasteiger partial charge is 0.279 e. The number of piperazine rings is 1. The molecule has 7 heteroatoms.